The van der Waals surface area contributed by atoms with Crippen molar-refractivity contribution in [3.8, 4) is 0 Å². The van der Waals surface area contributed by atoms with Crippen LogP contribution in [-0.4, -0.2) is 12.1 Å². The van der Waals surface area contributed by atoms with Crippen LogP contribution in [0.2, 0.25) is 0 Å². The Bertz CT molecular complexity index is 118. The average Bonchev–Trinajstić information content (AvgIpc) is 2.10. The van der Waals surface area contributed by atoms with Gasteiger partial charge in [0.05, 0.1) is 0 Å². The molecule has 1 heterocycles. The van der Waals surface area contributed by atoms with E-state index in [0.717, 1.165) is 5.92 Å². The van der Waals surface area contributed by atoms with Crippen LogP contribution in [0.15, 0.2) is 0 Å². The number of nitrogens with one attached hydrogen (secondary N) is 1. The van der Waals surface area contributed by atoms with E-state index >= 15 is 0 Å². The summed E-state index contributed by atoms with van der Waals surface area (Å²) in [6, 6.07) is 0. The first-order valence-corrected chi connectivity index (χ1v) is 4.12. The first-order valence-electron chi connectivity index (χ1n) is 4.12. The molecular formula is C8H15N. The topological polar surface area (TPSA) is 12.0 Å². The molecular weight excluding hydrogens is 110 g/mol. The summed E-state index contributed by atoms with van der Waals surface area (Å²) in [5, 5.41) is 3.57. The molecule has 1 saturated heterocycles. The zero-order valence-electron chi connectivity index (χ0n) is 6.11. The van der Waals surface area contributed by atoms with Crippen molar-refractivity contribution in [2.75, 3.05) is 6.54 Å². The number of fused-ring (bicyclic) bond motifs is 1. The lowest BCUT2D eigenvalue weighted by atomic mass is 9.77. The SMILES string of the molecule is CC[C@@]12CCC[C@H]1CN2. The highest BCUT2D eigenvalue weighted by Crippen LogP contribution is 2.43. The molecule has 1 nitrogen and oxygen atoms in total. The molecule has 1 heteroatoms. The Morgan fingerprint density at radius 3 is 2.89 bits per heavy atom. The second kappa shape index (κ2) is 1.72. The van der Waals surface area contributed by atoms with Gasteiger partial charge in [0.1, 0.15) is 0 Å². The van der Waals surface area contributed by atoms with E-state index in [1.807, 2.05) is 0 Å². The second-order valence-electron chi connectivity index (χ2n) is 3.48. The maximum atomic E-state index is 3.57. The highest BCUT2D eigenvalue weighted by Gasteiger charge is 2.47. The smallest absolute Gasteiger partial charge is 0.0219 e. The highest BCUT2D eigenvalue weighted by molar-refractivity contribution is 5.06. The molecule has 2 aliphatic rings. The molecule has 2 atom stereocenters. The summed E-state index contributed by atoms with van der Waals surface area (Å²) >= 11 is 0. The van der Waals surface area contributed by atoms with Gasteiger partial charge < -0.3 is 5.32 Å². The summed E-state index contributed by atoms with van der Waals surface area (Å²) in [5.41, 5.74) is 0.625. The van der Waals surface area contributed by atoms with E-state index < -0.39 is 0 Å². The number of hydrogen-bond donors (Lipinski definition) is 1. The fraction of sp³-hybridized carbons (Fsp3) is 1.00. The van der Waals surface area contributed by atoms with Crippen LogP contribution >= 0.6 is 0 Å². The van der Waals surface area contributed by atoms with Crippen molar-refractivity contribution in [2.24, 2.45) is 5.92 Å². The minimum absolute atomic E-state index is 0.625. The fourth-order valence-corrected chi connectivity index (χ4v) is 2.46. The summed E-state index contributed by atoms with van der Waals surface area (Å²) in [6.07, 6.45) is 5.73. The molecule has 0 aromatic carbocycles. The van der Waals surface area contributed by atoms with Gasteiger partial charge in [0.25, 0.3) is 0 Å². The van der Waals surface area contributed by atoms with Crippen molar-refractivity contribution in [3.05, 3.63) is 0 Å². The Morgan fingerprint density at radius 2 is 2.56 bits per heavy atom. The molecule has 2 rings (SSSR count). The quantitative estimate of drug-likeness (QED) is 0.560. The lowest BCUT2D eigenvalue weighted by Gasteiger charge is -2.46. The third-order valence-electron chi connectivity index (χ3n) is 3.29. The van der Waals surface area contributed by atoms with E-state index in [-0.39, 0.29) is 0 Å². The van der Waals surface area contributed by atoms with Crippen LogP contribution < -0.4 is 5.32 Å². The van der Waals surface area contributed by atoms with Crippen molar-refractivity contribution in [1.82, 2.24) is 5.32 Å². The van der Waals surface area contributed by atoms with Crippen LogP contribution in [0.1, 0.15) is 32.6 Å². The van der Waals surface area contributed by atoms with E-state index in [1.165, 1.54) is 32.2 Å². The second-order valence-corrected chi connectivity index (χ2v) is 3.48. The largest absolute Gasteiger partial charge is 0.311 e. The van der Waals surface area contributed by atoms with Crippen LogP contribution in [0, 0.1) is 5.92 Å². The van der Waals surface area contributed by atoms with Crippen molar-refractivity contribution < 1.29 is 0 Å². The summed E-state index contributed by atoms with van der Waals surface area (Å²) in [4.78, 5) is 0. The molecule has 1 saturated carbocycles. The van der Waals surface area contributed by atoms with E-state index in [1.54, 1.807) is 0 Å². The molecule has 0 amide bonds. The van der Waals surface area contributed by atoms with Gasteiger partial charge in [-0.3, -0.25) is 0 Å². The first kappa shape index (κ1) is 5.72. The number of rotatable bonds is 1. The molecule has 1 aliphatic carbocycles. The monoisotopic (exact) mass is 125 g/mol. The Labute approximate surface area is 56.8 Å². The third kappa shape index (κ3) is 0.586. The van der Waals surface area contributed by atoms with Crippen LogP contribution in [0.25, 0.3) is 0 Å². The molecule has 9 heavy (non-hydrogen) atoms. The van der Waals surface area contributed by atoms with Gasteiger partial charge in [-0.1, -0.05) is 13.3 Å². The zero-order valence-corrected chi connectivity index (χ0v) is 6.11. The van der Waals surface area contributed by atoms with Gasteiger partial charge in [-0.25, -0.2) is 0 Å². The minimum atomic E-state index is 0.625. The zero-order chi connectivity index (χ0) is 6.32. The van der Waals surface area contributed by atoms with Crippen molar-refractivity contribution in [2.45, 2.75) is 38.1 Å². The van der Waals surface area contributed by atoms with Gasteiger partial charge in [0.15, 0.2) is 0 Å². The summed E-state index contributed by atoms with van der Waals surface area (Å²) < 4.78 is 0. The molecule has 0 spiro atoms. The molecule has 1 aliphatic heterocycles. The van der Waals surface area contributed by atoms with Crippen molar-refractivity contribution in [1.29, 1.82) is 0 Å². The normalized spacial score (nSPS) is 48.3. The van der Waals surface area contributed by atoms with Crippen LogP contribution in [0.5, 0.6) is 0 Å². The number of hydrogen-bond acceptors (Lipinski definition) is 1. The molecule has 52 valence electrons. The molecule has 0 unspecified atom stereocenters. The van der Waals surface area contributed by atoms with Crippen LogP contribution in [-0.2, 0) is 0 Å². The molecule has 0 radical (unpaired) electrons. The predicted octanol–water partition coefficient (Wildman–Crippen LogP) is 1.54. The van der Waals surface area contributed by atoms with Crippen LogP contribution in [0.4, 0.5) is 0 Å². The molecule has 0 aromatic heterocycles. The van der Waals surface area contributed by atoms with E-state index in [4.69, 9.17) is 0 Å². The minimum Gasteiger partial charge on any atom is -0.311 e. The highest BCUT2D eigenvalue weighted by atomic mass is 15.1. The standard InChI is InChI=1S/C8H15N/c1-2-8-5-3-4-7(8)6-9-8/h7,9H,2-6H2,1H3/t7-,8+/m0/s1. The molecule has 0 aromatic rings. The van der Waals surface area contributed by atoms with Crippen molar-refractivity contribution in [3.63, 3.8) is 0 Å². The van der Waals surface area contributed by atoms with Gasteiger partial charge in [0.2, 0.25) is 0 Å². The fourth-order valence-electron chi connectivity index (χ4n) is 2.46. The Balaban J connectivity index is 2.10. The van der Waals surface area contributed by atoms with E-state index in [9.17, 15) is 0 Å². The Hall–Kier alpha value is -0.0400. The Morgan fingerprint density at radius 1 is 1.67 bits per heavy atom. The maximum absolute atomic E-state index is 3.57. The lowest BCUT2D eigenvalue weighted by molar-refractivity contribution is 0.130. The maximum Gasteiger partial charge on any atom is 0.0219 e. The molecule has 1 N–H and O–H groups in total. The summed E-state index contributed by atoms with van der Waals surface area (Å²) in [7, 11) is 0. The predicted molar refractivity (Wildman–Crippen MR) is 38.4 cm³/mol. The molecule has 2 fully saturated rings. The van der Waals surface area contributed by atoms with Crippen LogP contribution in [0.3, 0.4) is 0 Å². The summed E-state index contributed by atoms with van der Waals surface area (Å²) in [5.74, 6) is 1.04. The molecule has 0 bridgehead atoms. The first-order chi connectivity index (χ1) is 4.37. The third-order valence-corrected chi connectivity index (χ3v) is 3.29. The van der Waals surface area contributed by atoms with Gasteiger partial charge >= 0.3 is 0 Å². The van der Waals surface area contributed by atoms with Gasteiger partial charge in [-0.05, 0) is 25.2 Å². The average molecular weight is 125 g/mol. The van der Waals surface area contributed by atoms with Gasteiger partial charge in [-0.2, -0.15) is 0 Å². The van der Waals surface area contributed by atoms with Gasteiger partial charge in [0, 0.05) is 12.1 Å². The Kier molecular flexibility index (Phi) is 1.10. The van der Waals surface area contributed by atoms with Gasteiger partial charge in [-0.15, -0.1) is 0 Å². The lowest BCUT2D eigenvalue weighted by Crippen LogP contribution is -2.61. The van der Waals surface area contributed by atoms with E-state index in [2.05, 4.69) is 12.2 Å². The summed E-state index contributed by atoms with van der Waals surface area (Å²) in [6.45, 7) is 3.61. The van der Waals surface area contributed by atoms with E-state index in [0.29, 0.717) is 5.54 Å². The van der Waals surface area contributed by atoms with Crippen molar-refractivity contribution >= 4 is 0 Å².